The summed E-state index contributed by atoms with van der Waals surface area (Å²) in [5.41, 5.74) is 2.55. The molecule has 3 nitrogen and oxygen atoms in total. The van der Waals surface area contributed by atoms with Crippen LogP contribution in [0.1, 0.15) is 35.2 Å². The summed E-state index contributed by atoms with van der Waals surface area (Å²) in [5.74, 6) is -0.106. The number of carbonyl (C=O) groups excluding carboxylic acids is 1. The second kappa shape index (κ2) is 7.91. The van der Waals surface area contributed by atoms with Gasteiger partial charge < -0.3 is 5.32 Å². The number of aryl methyl sites for hydroxylation is 2. The fourth-order valence-electron chi connectivity index (χ4n) is 2.17. The van der Waals surface area contributed by atoms with Crippen LogP contribution in [0.15, 0.2) is 41.6 Å². The molecule has 25 heavy (non-hydrogen) atoms. The molecule has 134 valence electrons. The van der Waals surface area contributed by atoms with E-state index in [9.17, 15) is 18.0 Å². The van der Waals surface area contributed by atoms with Crippen molar-refractivity contribution in [3.8, 4) is 0 Å². The van der Waals surface area contributed by atoms with Crippen LogP contribution in [0.25, 0.3) is 0 Å². The summed E-state index contributed by atoms with van der Waals surface area (Å²) < 4.78 is 37.4. The molecule has 0 spiro atoms. The molecule has 0 aliphatic rings. The molecular weight excluding hydrogens is 349 g/mol. The van der Waals surface area contributed by atoms with Gasteiger partial charge in [0.2, 0.25) is 5.91 Å². The van der Waals surface area contributed by atoms with Crippen LogP contribution < -0.4 is 5.32 Å². The van der Waals surface area contributed by atoms with Gasteiger partial charge in [-0.2, -0.15) is 13.2 Å². The van der Waals surface area contributed by atoms with E-state index in [4.69, 9.17) is 0 Å². The van der Waals surface area contributed by atoms with Gasteiger partial charge in [0.15, 0.2) is 0 Å². The van der Waals surface area contributed by atoms with Crippen molar-refractivity contribution < 1.29 is 18.0 Å². The Labute approximate surface area is 149 Å². The van der Waals surface area contributed by atoms with Gasteiger partial charge in [-0.25, -0.2) is 4.98 Å². The van der Waals surface area contributed by atoms with E-state index in [-0.39, 0.29) is 17.7 Å². The van der Waals surface area contributed by atoms with Crippen molar-refractivity contribution in [1.29, 1.82) is 0 Å². The smallest absolute Gasteiger partial charge is 0.349 e. The number of nitrogens with zero attached hydrogens (tertiary/aromatic N) is 1. The van der Waals surface area contributed by atoms with Crippen LogP contribution in [0.2, 0.25) is 0 Å². The molecule has 0 fully saturated rings. The lowest BCUT2D eigenvalue weighted by Crippen LogP contribution is -2.28. The van der Waals surface area contributed by atoms with Crippen molar-refractivity contribution in [2.24, 2.45) is 0 Å². The third-order valence-corrected chi connectivity index (χ3v) is 4.77. The van der Waals surface area contributed by atoms with E-state index in [0.29, 0.717) is 5.03 Å². The number of nitrogens with one attached hydrogen (secondary N) is 1. The topological polar surface area (TPSA) is 42.0 Å². The Bertz CT molecular complexity index is 745. The Balaban J connectivity index is 1.88. The molecule has 0 bridgehead atoms. The summed E-state index contributed by atoms with van der Waals surface area (Å²) in [7, 11) is 0. The second-order valence-corrected chi connectivity index (χ2v) is 6.80. The van der Waals surface area contributed by atoms with Gasteiger partial charge in [0.1, 0.15) is 0 Å². The van der Waals surface area contributed by atoms with Crippen molar-refractivity contribution in [3.63, 3.8) is 0 Å². The zero-order chi connectivity index (χ0) is 18.6. The highest BCUT2D eigenvalue weighted by atomic mass is 32.2. The Hall–Kier alpha value is -2.02. The van der Waals surface area contributed by atoms with Gasteiger partial charge in [-0.3, -0.25) is 4.79 Å². The molecule has 1 amide bonds. The molecule has 2 rings (SSSR count). The van der Waals surface area contributed by atoms with Crippen LogP contribution in [0.4, 0.5) is 13.2 Å². The van der Waals surface area contributed by atoms with Crippen LogP contribution in [0, 0.1) is 13.8 Å². The number of hydrogen-bond donors (Lipinski definition) is 1. The summed E-state index contributed by atoms with van der Waals surface area (Å²) >= 11 is 1.10. The minimum Gasteiger partial charge on any atom is -0.349 e. The number of pyridine rings is 1. The Morgan fingerprint density at radius 3 is 2.48 bits per heavy atom. The lowest BCUT2D eigenvalue weighted by atomic mass is 10.0. The van der Waals surface area contributed by atoms with E-state index in [1.165, 1.54) is 11.6 Å². The number of aromatic nitrogens is 1. The van der Waals surface area contributed by atoms with Crippen molar-refractivity contribution in [2.45, 2.75) is 38.0 Å². The first kappa shape index (κ1) is 19.3. The van der Waals surface area contributed by atoms with E-state index in [1.807, 2.05) is 39.0 Å². The average molecular weight is 368 g/mol. The summed E-state index contributed by atoms with van der Waals surface area (Å²) in [6.07, 6.45) is -3.63. The van der Waals surface area contributed by atoms with Gasteiger partial charge in [-0.05, 0) is 49.6 Å². The van der Waals surface area contributed by atoms with Crippen molar-refractivity contribution in [1.82, 2.24) is 10.3 Å². The third-order valence-electron chi connectivity index (χ3n) is 3.82. The number of hydrogen-bond acceptors (Lipinski definition) is 3. The lowest BCUT2D eigenvalue weighted by Gasteiger charge is -2.15. The number of alkyl halides is 3. The summed E-state index contributed by atoms with van der Waals surface area (Å²) in [4.78, 5) is 15.8. The first-order valence-electron chi connectivity index (χ1n) is 7.69. The first-order valence-corrected chi connectivity index (χ1v) is 8.68. The molecule has 1 aromatic heterocycles. The maximum absolute atomic E-state index is 12.5. The zero-order valence-electron chi connectivity index (χ0n) is 14.1. The van der Waals surface area contributed by atoms with E-state index in [0.717, 1.165) is 35.2 Å². The predicted octanol–water partition coefficient (Wildman–Crippen LogP) is 4.69. The predicted molar refractivity (Wildman–Crippen MR) is 92.4 cm³/mol. The molecule has 0 aliphatic heterocycles. The van der Waals surface area contributed by atoms with Crippen LogP contribution in [-0.4, -0.2) is 16.6 Å². The number of halogens is 3. The normalized spacial score (nSPS) is 12.7. The molecule has 1 heterocycles. The number of benzene rings is 1. The molecule has 1 aromatic carbocycles. The summed E-state index contributed by atoms with van der Waals surface area (Å²) in [5, 5.41) is 3.26. The van der Waals surface area contributed by atoms with Gasteiger partial charge in [0.05, 0.1) is 22.4 Å². The lowest BCUT2D eigenvalue weighted by molar-refractivity contribution is -0.137. The van der Waals surface area contributed by atoms with E-state index in [2.05, 4.69) is 10.3 Å². The molecule has 1 N–H and O–H groups in total. The molecular formula is C18H19F3N2OS. The van der Waals surface area contributed by atoms with Crippen molar-refractivity contribution in [2.75, 3.05) is 5.75 Å². The first-order chi connectivity index (χ1) is 11.7. The van der Waals surface area contributed by atoms with Gasteiger partial charge >= 0.3 is 6.18 Å². The molecule has 1 unspecified atom stereocenters. The highest BCUT2D eigenvalue weighted by Gasteiger charge is 2.30. The standard InChI is InChI=1S/C18H19F3N2OS/c1-11-4-5-14(8-12(11)2)13(3)23-16(24)10-25-17-7-6-15(9-22-17)18(19,20)21/h4-9,13H,10H2,1-3H3,(H,23,24). The molecule has 1 atom stereocenters. The fraction of sp³-hybridized carbons (Fsp3) is 0.333. The second-order valence-electron chi connectivity index (χ2n) is 5.80. The largest absolute Gasteiger partial charge is 0.417 e. The van der Waals surface area contributed by atoms with Crippen LogP contribution in [-0.2, 0) is 11.0 Å². The average Bonchev–Trinajstić information content (AvgIpc) is 2.55. The van der Waals surface area contributed by atoms with Crippen LogP contribution in [0.3, 0.4) is 0 Å². The maximum Gasteiger partial charge on any atom is 0.417 e. The number of rotatable bonds is 5. The van der Waals surface area contributed by atoms with E-state index < -0.39 is 11.7 Å². The molecule has 7 heteroatoms. The van der Waals surface area contributed by atoms with Gasteiger partial charge in [-0.15, -0.1) is 0 Å². The Kier molecular flexibility index (Phi) is 6.11. The van der Waals surface area contributed by atoms with Gasteiger partial charge in [0, 0.05) is 6.20 Å². The molecule has 0 saturated heterocycles. The number of carbonyl (C=O) groups is 1. The van der Waals surface area contributed by atoms with Crippen molar-refractivity contribution in [3.05, 3.63) is 58.8 Å². The third kappa shape index (κ3) is 5.49. The minimum absolute atomic E-state index is 0.0908. The van der Waals surface area contributed by atoms with E-state index >= 15 is 0 Å². The summed E-state index contributed by atoms with van der Waals surface area (Å²) in [6, 6.07) is 8.10. The van der Waals surface area contributed by atoms with Gasteiger partial charge in [-0.1, -0.05) is 30.0 Å². The molecule has 2 aromatic rings. The minimum atomic E-state index is -4.41. The fourth-order valence-corrected chi connectivity index (χ4v) is 2.83. The van der Waals surface area contributed by atoms with Crippen LogP contribution in [0.5, 0.6) is 0 Å². The van der Waals surface area contributed by atoms with Crippen molar-refractivity contribution >= 4 is 17.7 Å². The monoisotopic (exact) mass is 368 g/mol. The Morgan fingerprint density at radius 1 is 1.20 bits per heavy atom. The zero-order valence-corrected chi connectivity index (χ0v) is 15.0. The SMILES string of the molecule is Cc1ccc(C(C)NC(=O)CSc2ccc(C(F)(F)F)cn2)cc1C. The molecule has 0 radical (unpaired) electrons. The van der Waals surface area contributed by atoms with Crippen LogP contribution >= 0.6 is 11.8 Å². The molecule has 0 aliphatic carbocycles. The maximum atomic E-state index is 12.5. The van der Waals surface area contributed by atoms with E-state index in [1.54, 1.807) is 0 Å². The highest BCUT2D eigenvalue weighted by Crippen LogP contribution is 2.29. The number of amides is 1. The summed E-state index contributed by atoms with van der Waals surface area (Å²) in [6.45, 7) is 5.93. The Morgan fingerprint density at radius 2 is 1.92 bits per heavy atom. The number of thioether (sulfide) groups is 1. The quantitative estimate of drug-likeness (QED) is 0.779. The highest BCUT2D eigenvalue weighted by molar-refractivity contribution is 7.99. The van der Waals surface area contributed by atoms with Gasteiger partial charge in [0.25, 0.3) is 0 Å². The molecule has 0 saturated carbocycles.